The second-order valence-electron chi connectivity index (χ2n) is 7.45. The quantitative estimate of drug-likeness (QED) is 0.688. The van der Waals surface area contributed by atoms with Crippen molar-refractivity contribution >= 4 is 22.4 Å². The Hall–Kier alpha value is -2.72. The lowest BCUT2D eigenvalue weighted by atomic mass is 10.0. The highest BCUT2D eigenvalue weighted by atomic mass is 19.1. The fraction of sp³-hybridized carbons (Fsp3) is 0.261. The zero-order chi connectivity index (χ0) is 19.0. The fourth-order valence-corrected chi connectivity index (χ4v) is 3.83. The first-order chi connectivity index (χ1) is 13.0. The van der Waals surface area contributed by atoms with Crippen LogP contribution in [0.1, 0.15) is 36.8 Å². The van der Waals surface area contributed by atoms with Gasteiger partial charge < -0.3 is 11.1 Å². The van der Waals surface area contributed by atoms with Gasteiger partial charge in [-0.2, -0.15) is 0 Å². The fourth-order valence-electron chi connectivity index (χ4n) is 3.83. The minimum atomic E-state index is -0.413. The monoisotopic (exact) mass is 362 g/mol. The van der Waals surface area contributed by atoms with Crippen molar-refractivity contribution in [3.05, 3.63) is 77.6 Å². The summed E-state index contributed by atoms with van der Waals surface area (Å²) < 4.78 is 14.5. The Morgan fingerprint density at radius 1 is 1.19 bits per heavy atom. The molecular formula is C23H23FN2O. The molecule has 1 amide bonds. The maximum atomic E-state index is 14.5. The van der Waals surface area contributed by atoms with Crippen LogP contribution in [0, 0.1) is 5.82 Å². The number of amides is 1. The molecule has 0 radical (unpaired) electrons. The van der Waals surface area contributed by atoms with Crippen LogP contribution in [0.15, 0.2) is 60.7 Å². The molecule has 2 atom stereocenters. The minimum absolute atomic E-state index is 0.201. The molecule has 3 aromatic rings. The standard InChI is InChI=1S/C23H23FN2O/c1-2-23(25)14-19(23)17-10-11-21(20(24)12-17)26-22(27)13-16-8-5-7-15-6-3-4-9-18(15)16/h3-12,19H,2,13-14,25H2,1H3,(H,26,27). The summed E-state index contributed by atoms with van der Waals surface area (Å²) in [6.45, 7) is 2.05. The lowest BCUT2D eigenvalue weighted by Gasteiger charge is -2.11. The van der Waals surface area contributed by atoms with Crippen molar-refractivity contribution < 1.29 is 9.18 Å². The van der Waals surface area contributed by atoms with Crippen LogP contribution in [0.3, 0.4) is 0 Å². The van der Waals surface area contributed by atoms with Crippen LogP contribution < -0.4 is 11.1 Å². The van der Waals surface area contributed by atoms with Gasteiger partial charge in [0.2, 0.25) is 5.91 Å². The van der Waals surface area contributed by atoms with E-state index in [1.807, 2.05) is 48.5 Å². The number of halogens is 1. The van der Waals surface area contributed by atoms with Crippen LogP contribution >= 0.6 is 0 Å². The van der Waals surface area contributed by atoms with Crippen LogP contribution in [-0.4, -0.2) is 11.4 Å². The number of hydrogen-bond acceptors (Lipinski definition) is 2. The van der Waals surface area contributed by atoms with E-state index in [1.54, 1.807) is 6.07 Å². The van der Waals surface area contributed by atoms with Gasteiger partial charge in [-0.25, -0.2) is 4.39 Å². The molecule has 2 unspecified atom stereocenters. The summed E-state index contributed by atoms with van der Waals surface area (Å²) in [6.07, 6.45) is 1.96. The molecule has 0 aromatic heterocycles. The molecule has 0 spiro atoms. The molecule has 1 aliphatic carbocycles. The maximum absolute atomic E-state index is 14.5. The number of carbonyl (C=O) groups is 1. The molecule has 4 rings (SSSR count). The van der Waals surface area contributed by atoms with Crippen LogP contribution in [0.4, 0.5) is 10.1 Å². The van der Waals surface area contributed by atoms with E-state index in [1.165, 1.54) is 6.07 Å². The van der Waals surface area contributed by atoms with Gasteiger partial charge in [-0.3, -0.25) is 4.79 Å². The van der Waals surface area contributed by atoms with Gasteiger partial charge in [-0.15, -0.1) is 0 Å². The first-order valence-electron chi connectivity index (χ1n) is 9.35. The number of rotatable bonds is 5. The third kappa shape index (κ3) is 3.45. The van der Waals surface area contributed by atoms with Gasteiger partial charge in [0.15, 0.2) is 0 Å². The summed E-state index contributed by atoms with van der Waals surface area (Å²) in [7, 11) is 0. The number of anilines is 1. The highest BCUT2D eigenvalue weighted by Gasteiger charge is 2.50. The Labute approximate surface area is 158 Å². The Morgan fingerprint density at radius 2 is 1.96 bits per heavy atom. The first kappa shape index (κ1) is 17.7. The lowest BCUT2D eigenvalue weighted by molar-refractivity contribution is -0.115. The summed E-state index contributed by atoms with van der Waals surface area (Å²) in [4.78, 5) is 12.5. The number of hydrogen-bond donors (Lipinski definition) is 2. The van der Waals surface area contributed by atoms with E-state index in [4.69, 9.17) is 5.73 Å². The van der Waals surface area contributed by atoms with Crippen molar-refractivity contribution in [3.63, 3.8) is 0 Å². The molecule has 0 bridgehead atoms. The molecule has 4 heteroatoms. The third-order valence-corrected chi connectivity index (χ3v) is 5.68. The second kappa shape index (κ2) is 6.78. The van der Waals surface area contributed by atoms with Crippen molar-refractivity contribution in [2.75, 3.05) is 5.32 Å². The number of nitrogens with one attached hydrogen (secondary N) is 1. The van der Waals surface area contributed by atoms with Crippen LogP contribution in [0.25, 0.3) is 10.8 Å². The molecule has 1 fully saturated rings. The molecule has 0 aliphatic heterocycles. The highest BCUT2D eigenvalue weighted by molar-refractivity contribution is 5.96. The summed E-state index contributed by atoms with van der Waals surface area (Å²) in [5.74, 6) is -0.437. The van der Waals surface area contributed by atoms with Crippen LogP contribution in [-0.2, 0) is 11.2 Å². The van der Waals surface area contributed by atoms with Crippen molar-refractivity contribution in [2.45, 2.75) is 37.6 Å². The molecule has 0 heterocycles. The molecular weight excluding hydrogens is 339 g/mol. The molecule has 1 aliphatic rings. The smallest absolute Gasteiger partial charge is 0.228 e. The largest absolute Gasteiger partial charge is 0.325 e. The van der Waals surface area contributed by atoms with Crippen LogP contribution in [0.5, 0.6) is 0 Å². The molecule has 27 heavy (non-hydrogen) atoms. The number of benzene rings is 3. The van der Waals surface area contributed by atoms with E-state index in [0.29, 0.717) is 0 Å². The van der Waals surface area contributed by atoms with E-state index in [2.05, 4.69) is 12.2 Å². The predicted octanol–water partition coefficient (Wildman–Crippen LogP) is 4.75. The Bertz CT molecular complexity index is 1010. The van der Waals surface area contributed by atoms with Crippen LogP contribution in [0.2, 0.25) is 0 Å². The van der Waals surface area contributed by atoms with Gasteiger partial charge in [0.05, 0.1) is 12.1 Å². The molecule has 1 saturated carbocycles. The van der Waals surface area contributed by atoms with Crippen molar-refractivity contribution in [2.24, 2.45) is 5.73 Å². The Kier molecular flexibility index (Phi) is 4.44. The lowest BCUT2D eigenvalue weighted by Crippen LogP contribution is -2.22. The number of nitrogens with two attached hydrogens (primary N) is 1. The summed E-state index contributed by atoms with van der Waals surface area (Å²) >= 11 is 0. The van der Waals surface area contributed by atoms with Gasteiger partial charge in [-0.05, 0) is 46.9 Å². The molecule has 138 valence electrons. The summed E-state index contributed by atoms with van der Waals surface area (Å²) in [6, 6.07) is 18.8. The average Bonchev–Trinajstić information content (AvgIpc) is 3.36. The molecule has 0 saturated heterocycles. The third-order valence-electron chi connectivity index (χ3n) is 5.68. The topological polar surface area (TPSA) is 55.1 Å². The molecule has 3 N–H and O–H groups in total. The van der Waals surface area contributed by atoms with Crippen molar-refractivity contribution in [3.8, 4) is 0 Å². The summed E-state index contributed by atoms with van der Waals surface area (Å²) in [5.41, 5.74) is 8.07. The minimum Gasteiger partial charge on any atom is -0.325 e. The van der Waals surface area contributed by atoms with E-state index >= 15 is 0 Å². The van der Waals surface area contributed by atoms with Gasteiger partial charge in [0.1, 0.15) is 5.82 Å². The highest BCUT2D eigenvalue weighted by Crippen LogP contribution is 2.51. The Balaban J connectivity index is 1.48. The zero-order valence-electron chi connectivity index (χ0n) is 15.3. The van der Waals surface area contributed by atoms with E-state index < -0.39 is 5.82 Å². The van der Waals surface area contributed by atoms with Crippen molar-refractivity contribution in [1.82, 2.24) is 0 Å². The zero-order valence-corrected chi connectivity index (χ0v) is 15.3. The van der Waals surface area contributed by atoms with Gasteiger partial charge in [-0.1, -0.05) is 55.5 Å². The van der Waals surface area contributed by atoms with Gasteiger partial charge >= 0.3 is 0 Å². The van der Waals surface area contributed by atoms with Gasteiger partial charge in [0.25, 0.3) is 0 Å². The average molecular weight is 362 g/mol. The SMILES string of the molecule is CCC1(N)CC1c1ccc(NC(=O)Cc2cccc3ccccc23)c(F)c1. The number of fused-ring (bicyclic) bond motifs is 1. The van der Waals surface area contributed by atoms with E-state index in [0.717, 1.165) is 34.7 Å². The normalized spacial score (nSPS) is 21.2. The maximum Gasteiger partial charge on any atom is 0.228 e. The second-order valence-corrected chi connectivity index (χ2v) is 7.45. The van der Waals surface area contributed by atoms with E-state index in [-0.39, 0.29) is 29.5 Å². The summed E-state index contributed by atoms with van der Waals surface area (Å²) in [5, 5.41) is 4.83. The van der Waals surface area contributed by atoms with Gasteiger partial charge in [0, 0.05) is 11.5 Å². The number of carbonyl (C=O) groups excluding carboxylic acids is 1. The molecule has 3 aromatic carbocycles. The predicted molar refractivity (Wildman–Crippen MR) is 107 cm³/mol. The molecule has 3 nitrogen and oxygen atoms in total. The Morgan fingerprint density at radius 3 is 2.70 bits per heavy atom. The first-order valence-corrected chi connectivity index (χ1v) is 9.35. The van der Waals surface area contributed by atoms with E-state index in [9.17, 15) is 9.18 Å². The van der Waals surface area contributed by atoms with Crippen molar-refractivity contribution in [1.29, 1.82) is 0 Å².